The van der Waals surface area contributed by atoms with Crippen molar-refractivity contribution in [2.45, 2.75) is 19.9 Å². The van der Waals surface area contributed by atoms with Gasteiger partial charge >= 0.3 is 5.97 Å². The van der Waals surface area contributed by atoms with Gasteiger partial charge in [-0.1, -0.05) is 0 Å². The van der Waals surface area contributed by atoms with Gasteiger partial charge in [0.05, 0.1) is 19.9 Å². The van der Waals surface area contributed by atoms with Gasteiger partial charge in [0.15, 0.2) is 0 Å². The summed E-state index contributed by atoms with van der Waals surface area (Å²) in [5.41, 5.74) is 0.540. The Morgan fingerprint density at radius 1 is 1.19 bits per heavy atom. The van der Waals surface area contributed by atoms with Crippen LogP contribution in [-0.4, -0.2) is 47.2 Å². The molecule has 0 saturated heterocycles. The fourth-order valence-electron chi connectivity index (χ4n) is 3.31. The van der Waals surface area contributed by atoms with Gasteiger partial charge in [-0.2, -0.15) is 0 Å². The molecule has 1 N–H and O–H groups in total. The molecule has 8 heteroatoms. The van der Waals surface area contributed by atoms with E-state index in [0.29, 0.717) is 41.3 Å². The Bertz CT molecular complexity index is 979. The summed E-state index contributed by atoms with van der Waals surface area (Å²) in [5, 5.41) is 9.65. The second-order valence-electron chi connectivity index (χ2n) is 6.22. The number of carbonyl (C=O) groups excluding carboxylic acids is 1. The molecule has 1 amide bonds. The fourth-order valence-corrected chi connectivity index (χ4v) is 3.31. The summed E-state index contributed by atoms with van der Waals surface area (Å²) in [7, 11) is 2.96. The van der Waals surface area contributed by atoms with Crippen LogP contribution in [0, 0.1) is 0 Å². The Morgan fingerprint density at radius 2 is 1.93 bits per heavy atom. The molecule has 1 aliphatic heterocycles. The number of ether oxygens (including phenoxy) is 2. The zero-order valence-corrected chi connectivity index (χ0v) is 15.3. The summed E-state index contributed by atoms with van der Waals surface area (Å²) in [6.07, 6.45) is 1.90. The van der Waals surface area contributed by atoms with Gasteiger partial charge in [0.1, 0.15) is 17.1 Å². The van der Waals surface area contributed by atoms with Gasteiger partial charge < -0.3 is 19.5 Å². The van der Waals surface area contributed by atoms with Crippen molar-refractivity contribution in [2.75, 3.05) is 20.8 Å². The number of amides is 1. The van der Waals surface area contributed by atoms with Crippen molar-refractivity contribution in [3.05, 3.63) is 51.4 Å². The van der Waals surface area contributed by atoms with Crippen LogP contribution in [0.5, 0.6) is 11.5 Å². The summed E-state index contributed by atoms with van der Waals surface area (Å²) in [4.78, 5) is 38.1. The van der Waals surface area contributed by atoms with Crippen molar-refractivity contribution in [1.29, 1.82) is 0 Å². The second-order valence-corrected chi connectivity index (χ2v) is 6.22. The van der Waals surface area contributed by atoms with Crippen molar-refractivity contribution in [3.63, 3.8) is 0 Å². The summed E-state index contributed by atoms with van der Waals surface area (Å²) in [6, 6.07) is 4.92. The van der Waals surface area contributed by atoms with Crippen molar-refractivity contribution in [3.8, 4) is 17.2 Å². The van der Waals surface area contributed by atoms with Gasteiger partial charge in [-0.25, -0.2) is 4.79 Å². The van der Waals surface area contributed by atoms with Crippen molar-refractivity contribution in [1.82, 2.24) is 9.47 Å². The summed E-state index contributed by atoms with van der Waals surface area (Å²) in [5.74, 6) is -0.496. The predicted molar refractivity (Wildman–Crippen MR) is 96.9 cm³/mol. The number of aromatic carboxylic acids is 1. The number of hydrogen-bond donors (Lipinski definition) is 1. The molecule has 142 valence electrons. The number of hydrogen-bond acceptors (Lipinski definition) is 5. The summed E-state index contributed by atoms with van der Waals surface area (Å²) in [6.45, 7) is 2.09. The maximum Gasteiger partial charge on any atom is 0.341 e. The molecular weight excluding hydrogens is 352 g/mol. The lowest BCUT2D eigenvalue weighted by Crippen LogP contribution is -2.38. The molecule has 3 rings (SSSR count). The predicted octanol–water partition coefficient (Wildman–Crippen LogP) is 1.46. The van der Waals surface area contributed by atoms with Crippen molar-refractivity contribution in [2.24, 2.45) is 0 Å². The van der Waals surface area contributed by atoms with E-state index in [1.807, 2.05) is 0 Å². The summed E-state index contributed by atoms with van der Waals surface area (Å²) < 4.78 is 11.8. The standard InChI is InChI=1S/C19H20N2O6/c1-11(22)20-7-6-14-12(9-20)10-21(18(23)17(14)19(24)25)15-8-13(26-2)4-5-16(15)27-3/h4-5,8,10H,6-7,9H2,1-3H3,(H,24,25). The highest BCUT2D eigenvalue weighted by atomic mass is 16.5. The third-order valence-corrected chi connectivity index (χ3v) is 4.70. The maximum absolute atomic E-state index is 13.0. The Kier molecular flexibility index (Phi) is 4.89. The maximum atomic E-state index is 13.0. The van der Waals surface area contributed by atoms with Crippen LogP contribution in [0.25, 0.3) is 5.69 Å². The first-order valence-electron chi connectivity index (χ1n) is 8.36. The smallest absolute Gasteiger partial charge is 0.341 e. The number of fused-ring (bicyclic) bond motifs is 1. The molecule has 1 aromatic heterocycles. The Morgan fingerprint density at radius 3 is 2.52 bits per heavy atom. The molecule has 8 nitrogen and oxygen atoms in total. The molecule has 0 radical (unpaired) electrons. The number of methoxy groups -OCH3 is 2. The Labute approximate surface area is 155 Å². The van der Waals surface area contributed by atoms with E-state index in [1.54, 1.807) is 29.3 Å². The van der Waals surface area contributed by atoms with Gasteiger partial charge in [0.2, 0.25) is 5.91 Å². The molecule has 0 atom stereocenters. The molecule has 2 aromatic rings. The number of pyridine rings is 1. The van der Waals surface area contributed by atoms with Crippen LogP contribution in [-0.2, 0) is 17.8 Å². The number of nitrogens with zero attached hydrogens (tertiary/aromatic N) is 2. The molecule has 0 unspecified atom stereocenters. The quantitative estimate of drug-likeness (QED) is 0.873. The van der Waals surface area contributed by atoms with E-state index in [-0.39, 0.29) is 18.0 Å². The van der Waals surface area contributed by atoms with Gasteiger partial charge in [0, 0.05) is 32.3 Å². The molecule has 0 spiro atoms. The normalized spacial score (nSPS) is 13.1. The molecule has 27 heavy (non-hydrogen) atoms. The zero-order valence-electron chi connectivity index (χ0n) is 15.3. The third-order valence-electron chi connectivity index (χ3n) is 4.70. The Balaban J connectivity index is 2.28. The number of carboxylic acids is 1. The van der Waals surface area contributed by atoms with E-state index in [4.69, 9.17) is 9.47 Å². The number of carboxylic acid groups (broad SMARTS) is 1. The van der Waals surface area contributed by atoms with Crippen LogP contribution in [0.4, 0.5) is 0 Å². The lowest BCUT2D eigenvalue weighted by atomic mass is 9.96. The highest BCUT2D eigenvalue weighted by molar-refractivity contribution is 5.89. The van der Waals surface area contributed by atoms with Crippen LogP contribution in [0.3, 0.4) is 0 Å². The van der Waals surface area contributed by atoms with Gasteiger partial charge in [0.25, 0.3) is 5.56 Å². The van der Waals surface area contributed by atoms with Crippen LogP contribution < -0.4 is 15.0 Å². The molecule has 0 bridgehead atoms. The number of carbonyl (C=O) groups is 2. The second kappa shape index (κ2) is 7.14. The minimum atomic E-state index is -1.29. The molecule has 0 saturated carbocycles. The largest absolute Gasteiger partial charge is 0.497 e. The first-order chi connectivity index (χ1) is 12.9. The topological polar surface area (TPSA) is 98.1 Å². The van der Waals surface area contributed by atoms with E-state index >= 15 is 0 Å². The molecule has 1 aliphatic rings. The minimum Gasteiger partial charge on any atom is -0.497 e. The van der Waals surface area contributed by atoms with Crippen molar-refractivity contribution < 1.29 is 24.2 Å². The van der Waals surface area contributed by atoms with Gasteiger partial charge in [-0.3, -0.25) is 14.2 Å². The molecule has 0 fully saturated rings. The van der Waals surface area contributed by atoms with Crippen LogP contribution in [0.15, 0.2) is 29.2 Å². The fraction of sp³-hybridized carbons (Fsp3) is 0.316. The van der Waals surface area contributed by atoms with Crippen LogP contribution >= 0.6 is 0 Å². The SMILES string of the molecule is COc1ccc(OC)c(-n2cc3c(c(C(=O)O)c2=O)CCN(C(C)=O)C3)c1. The van der Waals surface area contributed by atoms with E-state index in [2.05, 4.69) is 0 Å². The highest BCUT2D eigenvalue weighted by Crippen LogP contribution is 2.29. The molecule has 2 heterocycles. The van der Waals surface area contributed by atoms with Gasteiger partial charge in [-0.15, -0.1) is 0 Å². The molecule has 0 aliphatic carbocycles. The van der Waals surface area contributed by atoms with Crippen LogP contribution in [0.2, 0.25) is 0 Å². The van der Waals surface area contributed by atoms with Crippen LogP contribution in [0.1, 0.15) is 28.4 Å². The molecule has 1 aromatic carbocycles. The average molecular weight is 372 g/mol. The number of aromatic nitrogens is 1. The Hall–Kier alpha value is -3.29. The first-order valence-corrected chi connectivity index (χ1v) is 8.36. The van der Waals surface area contributed by atoms with E-state index in [1.165, 1.54) is 25.7 Å². The highest BCUT2D eigenvalue weighted by Gasteiger charge is 2.27. The lowest BCUT2D eigenvalue weighted by Gasteiger charge is -2.29. The number of benzene rings is 1. The number of rotatable bonds is 4. The first kappa shape index (κ1) is 18.5. The van der Waals surface area contributed by atoms with E-state index in [9.17, 15) is 19.5 Å². The lowest BCUT2D eigenvalue weighted by molar-refractivity contribution is -0.129. The third kappa shape index (κ3) is 3.25. The monoisotopic (exact) mass is 372 g/mol. The van der Waals surface area contributed by atoms with Crippen molar-refractivity contribution >= 4 is 11.9 Å². The minimum absolute atomic E-state index is 0.103. The van der Waals surface area contributed by atoms with E-state index in [0.717, 1.165) is 0 Å². The van der Waals surface area contributed by atoms with E-state index < -0.39 is 11.5 Å². The average Bonchev–Trinajstić information content (AvgIpc) is 2.66. The van der Waals surface area contributed by atoms with Gasteiger partial charge in [-0.05, 0) is 29.7 Å². The summed E-state index contributed by atoms with van der Waals surface area (Å²) >= 11 is 0. The zero-order chi connectivity index (χ0) is 19.7. The molecular formula is C19H20N2O6.